The maximum Gasteiger partial charge on any atom is 0.410 e. The van der Waals surface area contributed by atoms with Gasteiger partial charge in [-0.25, -0.2) is 14.2 Å². The van der Waals surface area contributed by atoms with Gasteiger partial charge in [0.05, 0.1) is 13.2 Å². The normalized spacial score (nSPS) is 11.3. The predicted molar refractivity (Wildman–Crippen MR) is 98.4 cm³/mol. The van der Waals surface area contributed by atoms with E-state index in [-0.39, 0.29) is 24.8 Å². The lowest BCUT2D eigenvalue weighted by Crippen LogP contribution is -2.38. The highest BCUT2D eigenvalue weighted by Crippen LogP contribution is 2.31. The number of rotatable bonds is 5. The lowest BCUT2D eigenvalue weighted by Gasteiger charge is -2.27. The van der Waals surface area contributed by atoms with Crippen LogP contribution in [0.3, 0.4) is 0 Å². The summed E-state index contributed by atoms with van der Waals surface area (Å²) in [6, 6.07) is 7.95. The minimum Gasteiger partial charge on any atom is -0.444 e. The molecule has 0 bridgehead atoms. The molecule has 7 heteroatoms. The molecule has 5 nitrogen and oxygen atoms in total. The molecular formula is C19H22ClFN2O3. The number of hydrogen-bond acceptors (Lipinski definition) is 4. The fraction of sp³-hybridized carbons (Fsp3) is 0.368. The molecule has 0 spiro atoms. The third kappa shape index (κ3) is 5.16. The van der Waals surface area contributed by atoms with Crippen LogP contribution >= 0.6 is 11.6 Å². The standard InChI is InChI=1S/C19H22ClFN2O3/c1-19(2,3)26-18(25)23(10-11-24)12-15-13(8-9-22-17(15)20)14-6-4-5-7-16(14)21/h4-9,24H,10-12H2,1-3H3. The number of pyridine rings is 1. The lowest BCUT2D eigenvalue weighted by atomic mass is 10.0. The van der Waals surface area contributed by atoms with Crippen molar-refractivity contribution in [1.29, 1.82) is 0 Å². The number of carbonyl (C=O) groups excluding carboxylic acids is 1. The Bertz CT molecular complexity index is 778. The van der Waals surface area contributed by atoms with E-state index in [1.807, 2.05) is 0 Å². The van der Waals surface area contributed by atoms with Gasteiger partial charge in [0.1, 0.15) is 16.6 Å². The van der Waals surface area contributed by atoms with Gasteiger partial charge in [-0.2, -0.15) is 0 Å². The molecule has 0 unspecified atom stereocenters. The molecule has 0 atom stereocenters. The summed E-state index contributed by atoms with van der Waals surface area (Å²) in [7, 11) is 0. The fourth-order valence-electron chi connectivity index (χ4n) is 2.42. The van der Waals surface area contributed by atoms with Gasteiger partial charge in [-0.3, -0.25) is 0 Å². The highest BCUT2D eigenvalue weighted by molar-refractivity contribution is 6.30. The SMILES string of the molecule is CC(C)(C)OC(=O)N(CCO)Cc1c(-c2ccccc2F)ccnc1Cl. The maximum atomic E-state index is 14.2. The van der Waals surface area contributed by atoms with Crippen molar-refractivity contribution in [2.75, 3.05) is 13.2 Å². The molecule has 0 aliphatic carbocycles. The first kappa shape index (κ1) is 20.1. The Kier molecular flexibility index (Phi) is 6.56. The molecule has 26 heavy (non-hydrogen) atoms. The van der Waals surface area contributed by atoms with E-state index >= 15 is 0 Å². The molecule has 0 radical (unpaired) electrons. The number of aliphatic hydroxyl groups is 1. The number of aliphatic hydroxyl groups excluding tert-OH is 1. The van der Waals surface area contributed by atoms with Gasteiger partial charge in [-0.15, -0.1) is 0 Å². The Hall–Kier alpha value is -2.18. The number of amides is 1. The van der Waals surface area contributed by atoms with Gasteiger partial charge in [0.15, 0.2) is 0 Å². The first-order valence-electron chi connectivity index (χ1n) is 8.20. The average Bonchev–Trinajstić information content (AvgIpc) is 2.55. The summed E-state index contributed by atoms with van der Waals surface area (Å²) in [6.07, 6.45) is 0.892. The molecule has 1 aromatic carbocycles. The zero-order chi connectivity index (χ0) is 19.3. The molecule has 1 heterocycles. The van der Waals surface area contributed by atoms with Gasteiger partial charge in [-0.05, 0) is 38.5 Å². The van der Waals surface area contributed by atoms with Crippen LogP contribution in [0.1, 0.15) is 26.3 Å². The highest BCUT2D eigenvalue weighted by atomic mass is 35.5. The zero-order valence-corrected chi connectivity index (χ0v) is 15.8. The van der Waals surface area contributed by atoms with E-state index in [1.165, 1.54) is 17.2 Å². The van der Waals surface area contributed by atoms with Crippen LogP contribution < -0.4 is 0 Å². The van der Waals surface area contributed by atoms with Crippen molar-refractivity contribution in [3.63, 3.8) is 0 Å². The van der Waals surface area contributed by atoms with Crippen molar-refractivity contribution in [3.05, 3.63) is 53.1 Å². The summed E-state index contributed by atoms with van der Waals surface area (Å²) in [5.41, 5.74) is 0.700. The second-order valence-corrected chi connectivity index (χ2v) is 7.09. The van der Waals surface area contributed by atoms with Crippen molar-refractivity contribution in [2.45, 2.75) is 32.9 Å². The van der Waals surface area contributed by atoms with Crippen LogP contribution in [0.15, 0.2) is 36.5 Å². The van der Waals surface area contributed by atoms with Gasteiger partial charge in [0.25, 0.3) is 0 Å². The first-order valence-corrected chi connectivity index (χ1v) is 8.58. The van der Waals surface area contributed by atoms with Crippen LogP contribution in [0.5, 0.6) is 0 Å². The first-order chi connectivity index (χ1) is 12.2. The van der Waals surface area contributed by atoms with Crippen molar-refractivity contribution in [2.24, 2.45) is 0 Å². The zero-order valence-electron chi connectivity index (χ0n) is 15.0. The van der Waals surface area contributed by atoms with Crippen molar-refractivity contribution in [3.8, 4) is 11.1 Å². The lowest BCUT2D eigenvalue weighted by molar-refractivity contribution is 0.0202. The molecule has 140 valence electrons. The molecule has 2 aromatic rings. The van der Waals surface area contributed by atoms with Crippen molar-refractivity contribution < 1.29 is 19.0 Å². The van der Waals surface area contributed by atoms with E-state index in [0.29, 0.717) is 16.7 Å². The molecule has 0 aliphatic heterocycles. The van der Waals surface area contributed by atoms with Crippen molar-refractivity contribution in [1.82, 2.24) is 9.88 Å². The molecule has 0 fully saturated rings. The van der Waals surface area contributed by atoms with Gasteiger partial charge < -0.3 is 14.7 Å². The van der Waals surface area contributed by atoms with Crippen LogP contribution in [0.4, 0.5) is 9.18 Å². The number of carbonyl (C=O) groups is 1. The van der Waals surface area contributed by atoms with Crippen LogP contribution in [0, 0.1) is 5.82 Å². The van der Waals surface area contributed by atoms with Gasteiger partial charge >= 0.3 is 6.09 Å². The highest BCUT2D eigenvalue weighted by Gasteiger charge is 2.24. The maximum absolute atomic E-state index is 14.2. The van der Waals surface area contributed by atoms with E-state index in [4.69, 9.17) is 16.3 Å². The molecule has 1 aromatic heterocycles. The largest absolute Gasteiger partial charge is 0.444 e. The van der Waals surface area contributed by atoms with Gasteiger partial charge in [0, 0.05) is 23.9 Å². The van der Waals surface area contributed by atoms with Gasteiger partial charge in [-0.1, -0.05) is 29.8 Å². The Morgan fingerprint density at radius 3 is 2.58 bits per heavy atom. The Balaban J connectivity index is 2.40. The number of benzene rings is 1. The predicted octanol–water partition coefficient (Wildman–Crippen LogP) is 4.27. The summed E-state index contributed by atoms with van der Waals surface area (Å²) in [5, 5.41) is 9.47. The summed E-state index contributed by atoms with van der Waals surface area (Å²) in [4.78, 5) is 17.8. The van der Waals surface area contributed by atoms with Crippen LogP contribution in [-0.4, -0.2) is 39.8 Å². The average molecular weight is 381 g/mol. The van der Waals surface area contributed by atoms with Gasteiger partial charge in [0.2, 0.25) is 0 Å². The molecule has 1 amide bonds. The minimum absolute atomic E-state index is 0.0335. The summed E-state index contributed by atoms with van der Waals surface area (Å²) in [5.74, 6) is -0.401. The number of nitrogens with zero attached hydrogens (tertiary/aromatic N) is 2. The van der Waals surface area contributed by atoms with E-state index < -0.39 is 17.5 Å². The fourth-order valence-corrected chi connectivity index (χ4v) is 2.64. The number of ether oxygens (including phenoxy) is 1. The van der Waals surface area contributed by atoms with E-state index in [0.717, 1.165) is 0 Å². The molecule has 1 N–H and O–H groups in total. The van der Waals surface area contributed by atoms with E-state index in [9.17, 15) is 14.3 Å². The third-order valence-corrected chi connectivity index (χ3v) is 3.86. The summed E-state index contributed by atoms with van der Waals surface area (Å²) < 4.78 is 19.6. The smallest absolute Gasteiger partial charge is 0.410 e. The quantitative estimate of drug-likeness (QED) is 0.787. The van der Waals surface area contributed by atoms with E-state index in [2.05, 4.69) is 4.98 Å². The number of aromatic nitrogens is 1. The third-order valence-electron chi connectivity index (χ3n) is 3.54. The molecule has 0 saturated carbocycles. The Labute approximate surface area is 157 Å². The monoisotopic (exact) mass is 380 g/mol. The van der Waals surface area contributed by atoms with E-state index in [1.54, 1.807) is 45.0 Å². The summed E-state index contributed by atoms with van der Waals surface area (Å²) in [6.45, 7) is 5.10. The van der Waals surface area contributed by atoms with Crippen LogP contribution in [0.25, 0.3) is 11.1 Å². The number of hydrogen-bond donors (Lipinski definition) is 1. The van der Waals surface area contributed by atoms with Crippen LogP contribution in [0.2, 0.25) is 5.15 Å². The molecule has 0 aliphatic rings. The topological polar surface area (TPSA) is 62.7 Å². The Morgan fingerprint density at radius 2 is 1.96 bits per heavy atom. The second-order valence-electron chi connectivity index (χ2n) is 6.73. The van der Waals surface area contributed by atoms with Crippen LogP contribution in [-0.2, 0) is 11.3 Å². The molecule has 0 saturated heterocycles. The second kappa shape index (κ2) is 8.47. The summed E-state index contributed by atoms with van der Waals surface area (Å²) >= 11 is 6.24. The molecular weight excluding hydrogens is 359 g/mol. The minimum atomic E-state index is -0.683. The molecule has 2 rings (SSSR count). The Morgan fingerprint density at radius 1 is 1.27 bits per heavy atom. The van der Waals surface area contributed by atoms with Crippen molar-refractivity contribution >= 4 is 17.7 Å². The number of halogens is 2.